The molecule has 0 unspecified atom stereocenters. The molecule has 0 radical (unpaired) electrons. The van der Waals surface area contributed by atoms with Gasteiger partial charge in [0.05, 0.1) is 6.54 Å². The molecule has 2 N–H and O–H groups in total. The Labute approximate surface area is 88.0 Å². The molecule has 0 spiro atoms. The Kier molecular flexibility index (Phi) is 4.20. The number of halogens is 1. The van der Waals surface area contributed by atoms with E-state index in [2.05, 4.69) is 10.7 Å². The summed E-state index contributed by atoms with van der Waals surface area (Å²) in [4.78, 5) is 11.3. The first-order valence-corrected chi connectivity index (χ1v) is 4.54. The number of hydrogen-bond donors (Lipinski definition) is 2. The van der Waals surface area contributed by atoms with Crippen molar-refractivity contribution >= 4 is 11.6 Å². The predicted molar refractivity (Wildman–Crippen MR) is 56.7 cm³/mol. The van der Waals surface area contributed by atoms with Crippen molar-refractivity contribution in [2.75, 3.05) is 26.0 Å². The monoisotopic (exact) mass is 211 g/mol. The van der Waals surface area contributed by atoms with Gasteiger partial charge in [-0.25, -0.2) is 9.82 Å². The van der Waals surface area contributed by atoms with E-state index >= 15 is 0 Å². The van der Waals surface area contributed by atoms with Crippen LogP contribution in [-0.2, 0) is 4.79 Å². The Morgan fingerprint density at radius 3 is 2.80 bits per heavy atom. The molecule has 0 aliphatic rings. The Morgan fingerprint density at radius 1 is 1.47 bits per heavy atom. The number of carbonyl (C=O) groups excluding carboxylic acids is 1. The van der Waals surface area contributed by atoms with E-state index in [1.165, 1.54) is 12.1 Å². The van der Waals surface area contributed by atoms with Gasteiger partial charge in [0, 0.05) is 19.8 Å². The molecule has 0 saturated carbocycles. The maximum absolute atomic E-state index is 12.8. The maximum atomic E-state index is 12.8. The molecule has 0 heterocycles. The first-order valence-electron chi connectivity index (χ1n) is 4.54. The fourth-order valence-electron chi connectivity index (χ4n) is 1.00. The van der Waals surface area contributed by atoms with Crippen molar-refractivity contribution in [1.29, 1.82) is 0 Å². The van der Waals surface area contributed by atoms with E-state index < -0.39 is 0 Å². The van der Waals surface area contributed by atoms with Gasteiger partial charge in [-0.15, -0.1) is 0 Å². The number of hydrazine groups is 1. The number of amides is 1. The fraction of sp³-hybridized carbons (Fsp3) is 0.300. The van der Waals surface area contributed by atoms with E-state index in [1.54, 1.807) is 31.2 Å². The molecule has 0 atom stereocenters. The molecule has 15 heavy (non-hydrogen) atoms. The van der Waals surface area contributed by atoms with Gasteiger partial charge in [-0.3, -0.25) is 9.80 Å². The summed E-state index contributed by atoms with van der Waals surface area (Å²) in [6.07, 6.45) is 0. The van der Waals surface area contributed by atoms with E-state index in [1.807, 2.05) is 0 Å². The molecule has 4 nitrogen and oxygen atoms in total. The van der Waals surface area contributed by atoms with Crippen LogP contribution in [0.2, 0.25) is 0 Å². The highest BCUT2D eigenvalue weighted by atomic mass is 19.1. The van der Waals surface area contributed by atoms with Crippen molar-refractivity contribution in [1.82, 2.24) is 10.4 Å². The van der Waals surface area contributed by atoms with Crippen LogP contribution in [0.15, 0.2) is 24.3 Å². The SMILES string of the molecule is CN(C)NCC(=O)Nc1cccc(F)c1. The molecule has 0 bridgehead atoms. The Morgan fingerprint density at radius 2 is 2.20 bits per heavy atom. The van der Waals surface area contributed by atoms with Gasteiger partial charge in [0.1, 0.15) is 5.82 Å². The number of nitrogens with one attached hydrogen (secondary N) is 2. The van der Waals surface area contributed by atoms with Crippen LogP contribution in [0, 0.1) is 5.82 Å². The summed E-state index contributed by atoms with van der Waals surface area (Å²) < 4.78 is 12.8. The molecular weight excluding hydrogens is 197 g/mol. The quantitative estimate of drug-likeness (QED) is 0.725. The number of hydrogen-bond acceptors (Lipinski definition) is 3. The van der Waals surface area contributed by atoms with Crippen LogP contribution in [-0.4, -0.2) is 31.6 Å². The highest BCUT2D eigenvalue weighted by molar-refractivity contribution is 5.92. The molecule has 1 rings (SSSR count). The van der Waals surface area contributed by atoms with Crippen LogP contribution in [0.5, 0.6) is 0 Å². The first-order chi connectivity index (χ1) is 7.08. The Hall–Kier alpha value is -1.46. The third-order valence-electron chi connectivity index (χ3n) is 1.66. The number of carbonyl (C=O) groups is 1. The fourth-order valence-corrected chi connectivity index (χ4v) is 1.00. The van der Waals surface area contributed by atoms with Gasteiger partial charge in [0.15, 0.2) is 0 Å². The highest BCUT2D eigenvalue weighted by Gasteiger charge is 2.02. The second-order valence-electron chi connectivity index (χ2n) is 3.29. The molecule has 1 amide bonds. The average Bonchev–Trinajstić information content (AvgIpc) is 2.15. The second-order valence-corrected chi connectivity index (χ2v) is 3.29. The van der Waals surface area contributed by atoms with Gasteiger partial charge in [0.25, 0.3) is 0 Å². The van der Waals surface area contributed by atoms with Gasteiger partial charge in [0.2, 0.25) is 5.91 Å². The standard InChI is InChI=1S/C10H14FN3O/c1-14(2)12-7-10(15)13-9-5-3-4-8(11)6-9/h3-6,12H,7H2,1-2H3,(H,13,15). The molecule has 1 aromatic rings. The van der Waals surface area contributed by atoms with Crippen LogP contribution >= 0.6 is 0 Å². The lowest BCUT2D eigenvalue weighted by Gasteiger charge is -2.11. The highest BCUT2D eigenvalue weighted by Crippen LogP contribution is 2.08. The zero-order chi connectivity index (χ0) is 11.3. The molecule has 82 valence electrons. The summed E-state index contributed by atoms with van der Waals surface area (Å²) in [5.74, 6) is -0.581. The van der Waals surface area contributed by atoms with Crippen LogP contribution < -0.4 is 10.7 Å². The van der Waals surface area contributed by atoms with E-state index in [0.717, 1.165) is 0 Å². The van der Waals surface area contributed by atoms with E-state index in [4.69, 9.17) is 0 Å². The lowest BCUT2D eigenvalue weighted by Crippen LogP contribution is -2.37. The van der Waals surface area contributed by atoms with Crippen molar-refractivity contribution in [3.05, 3.63) is 30.1 Å². The first kappa shape index (κ1) is 11.6. The molecule has 0 aliphatic carbocycles. The second kappa shape index (κ2) is 5.43. The Bertz CT molecular complexity index is 341. The van der Waals surface area contributed by atoms with Gasteiger partial charge in [-0.2, -0.15) is 0 Å². The zero-order valence-electron chi connectivity index (χ0n) is 8.75. The van der Waals surface area contributed by atoms with Crippen molar-refractivity contribution in [3.8, 4) is 0 Å². The molecule has 0 fully saturated rings. The van der Waals surface area contributed by atoms with Gasteiger partial charge in [-0.05, 0) is 18.2 Å². The number of benzene rings is 1. The summed E-state index contributed by atoms with van der Waals surface area (Å²) in [5.41, 5.74) is 3.27. The normalized spacial score (nSPS) is 10.4. The maximum Gasteiger partial charge on any atom is 0.239 e. The summed E-state index contributed by atoms with van der Waals surface area (Å²) >= 11 is 0. The third kappa shape index (κ3) is 4.53. The average molecular weight is 211 g/mol. The lowest BCUT2D eigenvalue weighted by atomic mass is 10.3. The summed E-state index contributed by atoms with van der Waals surface area (Å²) in [6.45, 7) is 0.156. The Balaban J connectivity index is 2.44. The largest absolute Gasteiger partial charge is 0.325 e. The van der Waals surface area contributed by atoms with Crippen LogP contribution in [0.4, 0.5) is 10.1 Å². The molecule has 0 aromatic heterocycles. The zero-order valence-corrected chi connectivity index (χ0v) is 8.75. The lowest BCUT2D eigenvalue weighted by molar-refractivity contribution is -0.116. The summed E-state index contributed by atoms with van der Waals surface area (Å²) in [5, 5.41) is 4.24. The van der Waals surface area contributed by atoms with Crippen molar-refractivity contribution in [2.24, 2.45) is 0 Å². The van der Waals surface area contributed by atoms with Gasteiger partial charge < -0.3 is 5.32 Å². The van der Waals surface area contributed by atoms with E-state index in [-0.39, 0.29) is 18.3 Å². The van der Waals surface area contributed by atoms with Crippen molar-refractivity contribution < 1.29 is 9.18 Å². The van der Waals surface area contributed by atoms with Crippen molar-refractivity contribution in [3.63, 3.8) is 0 Å². The molecule has 5 heteroatoms. The molecule has 0 aliphatic heterocycles. The summed E-state index contributed by atoms with van der Waals surface area (Å²) in [7, 11) is 3.57. The summed E-state index contributed by atoms with van der Waals surface area (Å²) in [6, 6.07) is 5.78. The van der Waals surface area contributed by atoms with Crippen LogP contribution in [0.3, 0.4) is 0 Å². The smallest absolute Gasteiger partial charge is 0.239 e. The van der Waals surface area contributed by atoms with Gasteiger partial charge >= 0.3 is 0 Å². The van der Waals surface area contributed by atoms with E-state index in [0.29, 0.717) is 5.69 Å². The minimum atomic E-state index is -0.367. The van der Waals surface area contributed by atoms with Crippen LogP contribution in [0.1, 0.15) is 0 Å². The van der Waals surface area contributed by atoms with Gasteiger partial charge in [-0.1, -0.05) is 6.07 Å². The molecule has 0 saturated heterocycles. The predicted octanol–water partition coefficient (Wildman–Crippen LogP) is 0.830. The minimum absolute atomic E-state index is 0.156. The topological polar surface area (TPSA) is 44.4 Å². The van der Waals surface area contributed by atoms with E-state index in [9.17, 15) is 9.18 Å². The number of rotatable bonds is 4. The number of anilines is 1. The third-order valence-corrected chi connectivity index (χ3v) is 1.66. The molecule has 1 aromatic carbocycles. The number of nitrogens with zero attached hydrogens (tertiary/aromatic N) is 1. The van der Waals surface area contributed by atoms with Crippen molar-refractivity contribution in [2.45, 2.75) is 0 Å². The minimum Gasteiger partial charge on any atom is -0.325 e. The molecular formula is C10H14FN3O. The van der Waals surface area contributed by atoms with Crippen LogP contribution in [0.25, 0.3) is 0 Å².